The van der Waals surface area contributed by atoms with Crippen molar-refractivity contribution in [1.29, 1.82) is 0 Å². The van der Waals surface area contributed by atoms with Crippen LogP contribution >= 0.6 is 0 Å². The minimum absolute atomic E-state index is 0.268. The second-order valence-electron chi connectivity index (χ2n) is 5.82. The molecule has 2 amide bonds. The predicted octanol–water partition coefficient (Wildman–Crippen LogP) is 2.65. The number of nitrogens with zero attached hydrogens (tertiary/aromatic N) is 3. The summed E-state index contributed by atoms with van der Waals surface area (Å²) in [7, 11) is 0. The lowest BCUT2D eigenvalue weighted by Gasteiger charge is -2.31. The number of piperidine rings is 1. The Morgan fingerprint density at radius 2 is 1.83 bits per heavy atom. The van der Waals surface area contributed by atoms with E-state index < -0.39 is 0 Å². The lowest BCUT2D eigenvalue weighted by Crippen LogP contribution is -2.40. The van der Waals surface area contributed by atoms with Crippen LogP contribution in [0.25, 0.3) is 0 Å². The van der Waals surface area contributed by atoms with Crippen LogP contribution in [0.4, 0.5) is 20.8 Å². The summed E-state index contributed by atoms with van der Waals surface area (Å²) in [5.74, 6) is 0.872. The Balaban J connectivity index is 1.40. The third kappa shape index (κ3) is 4.41. The van der Waals surface area contributed by atoms with Gasteiger partial charge in [-0.3, -0.25) is 0 Å². The highest BCUT2D eigenvalue weighted by Gasteiger charge is 2.21. The summed E-state index contributed by atoms with van der Waals surface area (Å²) in [5, 5.41) is 5.57. The maximum atomic E-state index is 12.8. The van der Waals surface area contributed by atoms with Gasteiger partial charge in [0.25, 0.3) is 0 Å². The van der Waals surface area contributed by atoms with Crippen molar-refractivity contribution in [2.45, 2.75) is 12.8 Å². The molecule has 1 aliphatic rings. The smallest absolute Gasteiger partial charge is 0.319 e. The van der Waals surface area contributed by atoms with E-state index in [2.05, 4.69) is 25.5 Å². The molecule has 0 spiro atoms. The van der Waals surface area contributed by atoms with Crippen molar-refractivity contribution in [3.63, 3.8) is 0 Å². The highest BCUT2D eigenvalue weighted by molar-refractivity contribution is 5.89. The number of carbonyl (C=O) groups excluding carboxylic acids is 1. The summed E-state index contributed by atoms with van der Waals surface area (Å²) < 4.78 is 12.8. The van der Waals surface area contributed by atoms with Gasteiger partial charge in [-0.1, -0.05) is 0 Å². The number of anilines is 2. The molecule has 0 aliphatic carbocycles. The molecular formula is C17H20FN5O. The van der Waals surface area contributed by atoms with Crippen molar-refractivity contribution >= 4 is 17.7 Å². The lowest BCUT2D eigenvalue weighted by molar-refractivity contribution is 0.248. The molecule has 7 heteroatoms. The van der Waals surface area contributed by atoms with Crippen LogP contribution in [-0.4, -0.2) is 35.6 Å². The van der Waals surface area contributed by atoms with Crippen molar-refractivity contribution in [1.82, 2.24) is 15.3 Å². The van der Waals surface area contributed by atoms with Crippen molar-refractivity contribution < 1.29 is 9.18 Å². The van der Waals surface area contributed by atoms with Crippen LogP contribution in [0.5, 0.6) is 0 Å². The molecule has 126 valence electrons. The molecule has 1 aromatic heterocycles. The van der Waals surface area contributed by atoms with E-state index >= 15 is 0 Å². The van der Waals surface area contributed by atoms with Gasteiger partial charge in [-0.2, -0.15) is 0 Å². The zero-order chi connectivity index (χ0) is 16.8. The number of urea groups is 1. The maximum absolute atomic E-state index is 12.8. The quantitative estimate of drug-likeness (QED) is 0.905. The minimum Gasteiger partial charge on any atom is -0.341 e. The van der Waals surface area contributed by atoms with Gasteiger partial charge in [0.05, 0.1) is 0 Å². The molecule has 24 heavy (non-hydrogen) atoms. The van der Waals surface area contributed by atoms with Crippen LogP contribution in [0.3, 0.4) is 0 Å². The van der Waals surface area contributed by atoms with Crippen LogP contribution in [0.2, 0.25) is 0 Å². The Bertz CT molecular complexity index is 656. The summed E-state index contributed by atoms with van der Waals surface area (Å²) in [6.07, 6.45) is 5.45. The number of rotatable bonds is 4. The summed E-state index contributed by atoms with van der Waals surface area (Å²) in [4.78, 5) is 22.6. The molecule has 1 fully saturated rings. The van der Waals surface area contributed by atoms with Gasteiger partial charge >= 0.3 is 6.03 Å². The van der Waals surface area contributed by atoms with E-state index in [1.54, 1.807) is 18.5 Å². The van der Waals surface area contributed by atoms with E-state index in [0.29, 0.717) is 18.2 Å². The van der Waals surface area contributed by atoms with Crippen LogP contribution < -0.4 is 15.5 Å². The summed E-state index contributed by atoms with van der Waals surface area (Å²) in [6.45, 7) is 2.39. The molecule has 6 nitrogen and oxygen atoms in total. The zero-order valence-electron chi connectivity index (χ0n) is 13.3. The highest BCUT2D eigenvalue weighted by Crippen LogP contribution is 2.19. The molecule has 0 saturated carbocycles. The average Bonchev–Trinajstić information content (AvgIpc) is 2.63. The van der Waals surface area contributed by atoms with Crippen molar-refractivity contribution in [2.24, 2.45) is 5.92 Å². The molecule has 2 N–H and O–H groups in total. The van der Waals surface area contributed by atoms with Crippen LogP contribution in [0.15, 0.2) is 42.7 Å². The fourth-order valence-electron chi connectivity index (χ4n) is 2.74. The normalized spacial score (nSPS) is 15.1. The number of carbonyl (C=O) groups is 1. The van der Waals surface area contributed by atoms with Crippen LogP contribution in [0.1, 0.15) is 12.8 Å². The zero-order valence-corrected chi connectivity index (χ0v) is 13.3. The van der Waals surface area contributed by atoms with Crippen molar-refractivity contribution in [2.75, 3.05) is 29.9 Å². The second kappa shape index (κ2) is 7.72. The Hall–Kier alpha value is -2.70. The van der Waals surface area contributed by atoms with E-state index in [1.165, 1.54) is 24.3 Å². The molecule has 0 unspecified atom stereocenters. The maximum Gasteiger partial charge on any atom is 0.319 e. The third-order valence-corrected chi connectivity index (χ3v) is 4.10. The van der Waals surface area contributed by atoms with Gasteiger partial charge in [-0.15, -0.1) is 0 Å². The van der Waals surface area contributed by atoms with Crippen molar-refractivity contribution in [3.05, 3.63) is 48.5 Å². The number of halogens is 1. The topological polar surface area (TPSA) is 70.2 Å². The van der Waals surface area contributed by atoms with Crippen LogP contribution in [-0.2, 0) is 0 Å². The molecule has 3 rings (SSSR count). The van der Waals surface area contributed by atoms with Crippen LogP contribution in [0, 0.1) is 11.7 Å². The van der Waals surface area contributed by atoms with Crippen molar-refractivity contribution in [3.8, 4) is 0 Å². The predicted molar refractivity (Wildman–Crippen MR) is 90.4 cm³/mol. The average molecular weight is 329 g/mol. The largest absolute Gasteiger partial charge is 0.341 e. The fraction of sp³-hybridized carbons (Fsp3) is 0.353. The van der Waals surface area contributed by atoms with Gasteiger partial charge < -0.3 is 15.5 Å². The molecule has 2 heterocycles. The number of hydrogen-bond acceptors (Lipinski definition) is 4. The molecular weight excluding hydrogens is 309 g/mol. The Labute approximate surface area is 140 Å². The first-order valence-corrected chi connectivity index (χ1v) is 8.03. The van der Waals surface area contributed by atoms with E-state index in [4.69, 9.17) is 0 Å². The highest BCUT2D eigenvalue weighted by atomic mass is 19.1. The van der Waals surface area contributed by atoms with Gasteiger partial charge in [0, 0.05) is 37.7 Å². The summed E-state index contributed by atoms with van der Waals surface area (Å²) in [6, 6.07) is 7.24. The van der Waals surface area contributed by atoms with E-state index in [9.17, 15) is 9.18 Å². The number of benzene rings is 1. The molecule has 0 bridgehead atoms. The number of aromatic nitrogens is 2. The number of amides is 2. The number of hydrogen-bond donors (Lipinski definition) is 2. The number of nitrogens with one attached hydrogen (secondary N) is 2. The van der Waals surface area contributed by atoms with Gasteiger partial charge in [-0.05, 0) is 49.1 Å². The van der Waals surface area contributed by atoms with E-state index in [0.717, 1.165) is 31.9 Å². The van der Waals surface area contributed by atoms with E-state index in [1.807, 2.05) is 0 Å². The summed E-state index contributed by atoms with van der Waals surface area (Å²) in [5.41, 5.74) is 0.574. The molecule has 1 saturated heterocycles. The van der Waals surface area contributed by atoms with E-state index in [-0.39, 0.29) is 11.8 Å². The third-order valence-electron chi connectivity index (χ3n) is 4.10. The Morgan fingerprint density at radius 3 is 2.50 bits per heavy atom. The van der Waals surface area contributed by atoms with Gasteiger partial charge in [0.15, 0.2) is 0 Å². The monoisotopic (exact) mass is 329 g/mol. The minimum atomic E-state index is -0.324. The molecule has 1 aromatic carbocycles. The second-order valence-corrected chi connectivity index (χ2v) is 5.82. The first-order chi connectivity index (χ1) is 11.7. The Morgan fingerprint density at radius 1 is 1.17 bits per heavy atom. The Kier molecular flexibility index (Phi) is 5.20. The lowest BCUT2D eigenvalue weighted by atomic mass is 9.97. The first-order valence-electron chi connectivity index (χ1n) is 8.03. The molecule has 0 radical (unpaired) electrons. The van der Waals surface area contributed by atoms with Gasteiger partial charge in [0.2, 0.25) is 5.95 Å². The fourth-order valence-corrected chi connectivity index (χ4v) is 2.74. The van der Waals surface area contributed by atoms with Gasteiger partial charge in [-0.25, -0.2) is 19.2 Å². The standard InChI is InChI=1S/C17H20FN5O/c18-14-2-4-15(5-3-14)22-17(24)21-12-13-6-10-23(11-7-13)16-19-8-1-9-20-16/h1-5,8-9,13H,6-7,10-12H2,(H2,21,22,24). The molecule has 1 aliphatic heterocycles. The SMILES string of the molecule is O=C(NCC1CCN(c2ncccn2)CC1)Nc1ccc(F)cc1. The molecule has 2 aromatic rings. The van der Waals surface area contributed by atoms with Gasteiger partial charge in [0.1, 0.15) is 5.82 Å². The summed E-state index contributed by atoms with van der Waals surface area (Å²) >= 11 is 0. The molecule has 0 atom stereocenters. The first kappa shape index (κ1) is 16.2.